The number of hydrogen-bond donors (Lipinski definition) is 1. The Kier molecular flexibility index (Phi) is 4.95. The zero-order valence-corrected chi connectivity index (χ0v) is 15.9. The van der Waals surface area contributed by atoms with Crippen molar-refractivity contribution >= 4 is 28.2 Å². The van der Waals surface area contributed by atoms with Crippen molar-refractivity contribution in [2.24, 2.45) is 5.92 Å². The van der Waals surface area contributed by atoms with Gasteiger partial charge in [0.25, 0.3) is 0 Å². The second kappa shape index (κ2) is 7.00. The number of rotatable bonds is 4. The SMILES string of the molecule is COC(=O)c1c(NC(=O)C2CCC2)sc(C)c1-c1ccc(C)c(C)c1. The number of carbonyl (C=O) groups excluding carboxylic acids is 2. The minimum Gasteiger partial charge on any atom is -0.465 e. The quantitative estimate of drug-likeness (QED) is 0.795. The number of carbonyl (C=O) groups is 2. The normalized spacial score (nSPS) is 14.1. The molecule has 1 aliphatic rings. The summed E-state index contributed by atoms with van der Waals surface area (Å²) < 4.78 is 5.01. The number of amides is 1. The highest BCUT2D eigenvalue weighted by Gasteiger charge is 2.29. The van der Waals surface area contributed by atoms with E-state index in [0.717, 1.165) is 35.3 Å². The number of hydrogen-bond acceptors (Lipinski definition) is 4. The minimum absolute atomic E-state index is 0.00397. The monoisotopic (exact) mass is 357 g/mol. The van der Waals surface area contributed by atoms with E-state index in [0.29, 0.717) is 10.6 Å². The van der Waals surface area contributed by atoms with Gasteiger partial charge in [-0.3, -0.25) is 4.79 Å². The molecular weight excluding hydrogens is 334 g/mol. The van der Waals surface area contributed by atoms with E-state index in [1.165, 1.54) is 29.6 Å². The van der Waals surface area contributed by atoms with Gasteiger partial charge in [0.05, 0.1) is 7.11 Å². The number of nitrogens with one attached hydrogen (secondary N) is 1. The Morgan fingerprint density at radius 2 is 1.88 bits per heavy atom. The molecule has 0 saturated heterocycles. The van der Waals surface area contributed by atoms with E-state index in [2.05, 4.69) is 31.3 Å². The van der Waals surface area contributed by atoms with Crippen molar-refractivity contribution in [1.82, 2.24) is 0 Å². The highest BCUT2D eigenvalue weighted by molar-refractivity contribution is 7.17. The number of ether oxygens (including phenoxy) is 1. The van der Waals surface area contributed by atoms with Crippen LogP contribution in [0.3, 0.4) is 0 Å². The number of anilines is 1. The predicted molar refractivity (Wildman–Crippen MR) is 101 cm³/mol. The molecule has 0 spiro atoms. The van der Waals surface area contributed by atoms with E-state index >= 15 is 0 Å². The average Bonchev–Trinajstić information content (AvgIpc) is 2.83. The first-order chi connectivity index (χ1) is 11.9. The van der Waals surface area contributed by atoms with Crippen LogP contribution in [0.5, 0.6) is 0 Å². The van der Waals surface area contributed by atoms with E-state index in [4.69, 9.17) is 4.74 Å². The Balaban J connectivity index is 2.06. The fourth-order valence-corrected chi connectivity index (χ4v) is 4.13. The molecule has 5 heteroatoms. The lowest BCUT2D eigenvalue weighted by Gasteiger charge is -2.23. The fraction of sp³-hybridized carbons (Fsp3) is 0.400. The second-order valence-electron chi connectivity index (χ2n) is 6.65. The summed E-state index contributed by atoms with van der Waals surface area (Å²) >= 11 is 1.44. The van der Waals surface area contributed by atoms with Gasteiger partial charge in [-0.1, -0.05) is 24.6 Å². The molecule has 1 saturated carbocycles. The smallest absolute Gasteiger partial charge is 0.341 e. The van der Waals surface area contributed by atoms with Gasteiger partial charge in [0.1, 0.15) is 10.6 Å². The molecule has 1 amide bonds. The lowest BCUT2D eigenvalue weighted by atomic mass is 9.85. The zero-order chi connectivity index (χ0) is 18.1. The number of esters is 1. The van der Waals surface area contributed by atoms with Crippen molar-refractivity contribution in [2.45, 2.75) is 40.0 Å². The fourth-order valence-electron chi connectivity index (χ4n) is 3.06. The van der Waals surface area contributed by atoms with Crippen LogP contribution < -0.4 is 5.32 Å². The third-order valence-electron chi connectivity index (χ3n) is 4.98. The van der Waals surface area contributed by atoms with Gasteiger partial charge in [0.15, 0.2) is 0 Å². The van der Waals surface area contributed by atoms with Crippen LogP contribution in [0.1, 0.15) is 45.6 Å². The van der Waals surface area contributed by atoms with Gasteiger partial charge in [-0.15, -0.1) is 11.3 Å². The predicted octanol–water partition coefficient (Wildman–Crippen LogP) is 4.87. The van der Waals surface area contributed by atoms with Crippen molar-refractivity contribution in [3.8, 4) is 11.1 Å². The van der Waals surface area contributed by atoms with Crippen molar-refractivity contribution in [3.05, 3.63) is 39.8 Å². The van der Waals surface area contributed by atoms with Gasteiger partial charge in [-0.05, 0) is 50.3 Å². The Morgan fingerprint density at radius 3 is 2.44 bits per heavy atom. The van der Waals surface area contributed by atoms with Gasteiger partial charge < -0.3 is 10.1 Å². The Morgan fingerprint density at radius 1 is 1.16 bits per heavy atom. The highest BCUT2D eigenvalue weighted by Crippen LogP contribution is 2.41. The third kappa shape index (κ3) is 3.33. The van der Waals surface area contributed by atoms with Gasteiger partial charge in [-0.25, -0.2) is 4.79 Å². The van der Waals surface area contributed by atoms with Gasteiger partial charge in [-0.2, -0.15) is 0 Å². The van der Waals surface area contributed by atoms with Gasteiger partial charge in [0.2, 0.25) is 5.91 Å². The summed E-state index contributed by atoms with van der Waals surface area (Å²) in [5.41, 5.74) is 4.65. The van der Waals surface area contributed by atoms with Crippen LogP contribution in [0, 0.1) is 26.7 Å². The van der Waals surface area contributed by atoms with E-state index < -0.39 is 5.97 Å². The van der Waals surface area contributed by atoms with Crippen LogP contribution in [-0.2, 0) is 9.53 Å². The number of benzene rings is 1. The first-order valence-electron chi connectivity index (χ1n) is 8.52. The molecule has 3 rings (SSSR count). The van der Waals surface area contributed by atoms with E-state index in [9.17, 15) is 9.59 Å². The summed E-state index contributed by atoms with van der Waals surface area (Å²) in [5.74, 6) is -0.344. The van der Waals surface area contributed by atoms with Crippen LogP contribution in [0.2, 0.25) is 0 Å². The summed E-state index contributed by atoms with van der Waals surface area (Å²) in [7, 11) is 1.37. The maximum absolute atomic E-state index is 12.5. The summed E-state index contributed by atoms with van der Waals surface area (Å²) in [5, 5.41) is 3.56. The van der Waals surface area contributed by atoms with Crippen molar-refractivity contribution in [3.63, 3.8) is 0 Å². The molecule has 1 aromatic heterocycles. The Hall–Kier alpha value is -2.14. The van der Waals surface area contributed by atoms with E-state index in [-0.39, 0.29) is 11.8 Å². The Bertz CT molecular complexity index is 834. The Labute approximate surface area is 152 Å². The molecule has 1 N–H and O–H groups in total. The highest BCUT2D eigenvalue weighted by atomic mass is 32.1. The van der Waals surface area contributed by atoms with Crippen molar-refractivity contribution in [2.75, 3.05) is 12.4 Å². The van der Waals surface area contributed by atoms with Crippen LogP contribution in [0.4, 0.5) is 5.00 Å². The van der Waals surface area contributed by atoms with E-state index in [1.807, 2.05) is 13.0 Å². The number of aryl methyl sites for hydroxylation is 3. The van der Waals surface area contributed by atoms with E-state index in [1.54, 1.807) is 0 Å². The first kappa shape index (κ1) is 17.7. The molecule has 25 heavy (non-hydrogen) atoms. The largest absolute Gasteiger partial charge is 0.465 e. The third-order valence-corrected chi connectivity index (χ3v) is 6.00. The number of thiophene rings is 1. The molecule has 1 aliphatic carbocycles. The maximum Gasteiger partial charge on any atom is 0.341 e. The molecule has 0 unspecified atom stereocenters. The zero-order valence-electron chi connectivity index (χ0n) is 15.1. The molecule has 0 radical (unpaired) electrons. The lowest BCUT2D eigenvalue weighted by Crippen LogP contribution is -2.28. The van der Waals surface area contributed by atoms with Crippen LogP contribution in [0.25, 0.3) is 11.1 Å². The maximum atomic E-state index is 12.5. The molecule has 1 heterocycles. The van der Waals surface area contributed by atoms with Crippen LogP contribution in [-0.4, -0.2) is 19.0 Å². The first-order valence-corrected chi connectivity index (χ1v) is 9.34. The van der Waals surface area contributed by atoms with Crippen molar-refractivity contribution < 1.29 is 14.3 Å². The molecule has 1 aromatic carbocycles. The molecule has 0 bridgehead atoms. The molecule has 0 aliphatic heterocycles. The number of methoxy groups -OCH3 is 1. The topological polar surface area (TPSA) is 55.4 Å². The molecule has 2 aromatic rings. The summed E-state index contributed by atoms with van der Waals surface area (Å²) in [6, 6.07) is 6.14. The summed E-state index contributed by atoms with van der Waals surface area (Å²) in [6.45, 7) is 6.09. The van der Waals surface area contributed by atoms with Crippen LogP contribution in [0.15, 0.2) is 18.2 Å². The molecule has 1 fully saturated rings. The van der Waals surface area contributed by atoms with Gasteiger partial charge in [0, 0.05) is 16.4 Å². The van der Waals surface area contributed by atoms with Gasteiger partial charge >= 0.3 is 5.97 Å². The summed E-state index contributed by atoms with van der Waals surface area (Å²) in [4.78, 5) is 25.8. The molecule has 4 nitrogen and oxygen atoms in total. The minimum atomic E-state index is -0.415. The lowest BCUT2D eigenvalue weighted by molar-refractivity contribution is -0.122. The average molecular weight is 357 g/mol. The van der Waals surface area contributed by atoms with Crippen LogP contribution >= 0.6 is 11.3 Å². The van der Waals surface area contributed by atoms with Crippen molar-refractivity contribution in [1.29, 1.82) is 0 Å². The molecular formula is C20H23NO3S. The standard InChI is InChI=1S/C20H23NO3S/c1-11-8-9-15(10-12(11)2)16-13(3)25-19(17(16)20(23)24-4)21-18(22)14-6-5-7-14/h8-10,14H,5-7H2,1-4H3,(H,21,22). The summed E-state index contributed by atoms with van der Waals surface area (Å²) in [6.07, 6.45) is 2.95. The second-order valence-corrected chi connectivity index (χ2v) is 7.87. The molecule has 0 atom stereocenters. The molecule has 132 valence electrons.